The van der Waals surface area contributed by atoms with Crippen molar-refractivity contribution in [1.29, 1.82) is 0 Å². The summed E-state index contributed by atoms with van der Waals surface area (Å²) in [7, 11) is 0. The molecule has 21 heavy (non-hydrogen) atoms. The number of halogens is 1. The number of hydrogen-bond acceptors (Lipinski definition) is 1. The van der Waals surface area contributed by atoms with Gasteiger partial charge in [0.2, 0.25) is 0 Å². The van der Waals surface area contributed by atoms with Crippen LogP contribution in [-0.4, -0.2) is 18.5 Å². The fraction of sp³-hybridized carbons (Fsp3) is 0.588. The number of carbonyl (C=O) groups excluding carboxylic acids is 1. The lowest BCUT2D eigenvalue weighted by Gasteiger charge is -2.29. The van der Waals surface area contributed by atoms with Crippen molar-refractivity contribution in [3.05, 3.63) is 34.9 Å². The number of quaternary nitrogens is 1. The lowest BCUT2D eigenvalue weighted by Crippen LogP contribution is -2.87. The zero-order valence-electron chi connectivity index (χ0n) is 12.9. The Morgan fingerprint density at radius 3 is 2.81 bits per heavy atom. The van der Waals surface area contributed by atoms with Crippen molar-refractivity contribution >= 4 is 17.5 Å². The summed E-state index contributed by atoms with van der Waals surface area (Å²) in [5.41, 5.74) is 1.08. The lowest BCUT2D eigenvalue weighted by atomic mass is 9.86. The van der Waals surface area contributed by atoms with Crippen molar-refractivity contribution in [3.63, 3.8) is 0 Å². The van der Waals surface area contributed by atoms with Crippen molar-refractivity contribution in [1.82, 2.24) is 5.32 Å². The highest BCUT2D eigenvalue weighted by molar-refractivity contribution is 6.31. The van der Waals surface area contributed by atoms with Crippen molar-refractivity contribution in [2.45, 2.75) is 51.6 Å². The summed E-state index contributed by atoms with van der Waals surface area (Å²) in [5.74, 6) is 0.733. The number of hydrogen-bond donors (Lipinski definition) is 2. The summed E-state index contributed by atoms with van der Waals surface area (Å²) < 4.78 is 0. The summed E-state index contributed by atoms with van der Waals surface area (Å²) in [6, 6.07) is 8.37. The van der Waals surface area contributed by atoms with Crippen LogP contribution in [0.3, 0.4) is 0 Å². The van der Waals surface area contributed by atoms with Gasteiger partial charge in [-0.25, -0.2) is 0 Å². The fourth-order valence-corrected chi connectivity index (χ4v) is 3.36. The van der Waals surface area contributed by atoms with E-state index in [0.717, 1.165) is 17.0 Å². The molecule has 0 saturated heterocycles. The van der Waals surface area contributed by atoms with Crippen LogP contribution in [0, 0.1) is 5.92 Å². The molecule has 0 heterocycles. The molecule has 4 heteroatoms. The van der Waals surface area contributed by atoms with E-state index >= 15 is 0 Å². The molecule has 3 atom stereocenters. The summed E-state index contributed by atoms with van der Waals surface area (Å²) in [5, 5.41) is 6.00. The molecular weight excluding hydrogens is 284 g/mol. The molecule has 0 aromatic heterocycles. The quantitative estimate of drug-likeness (QED) is 0.863. The van der Waals surface area contributed by atoms with Gasteiger partial charge >= 0.3 is 0 Å². The second-order valence-electron chi connectivity index (χ2n) is 6.19. The van der Waals surface area contributed by atoms with E-state index in [2.05, 4.69) is 19.2 Å². The molecule has 0 unspecified atom stereocenters. The molecule has 0 aliphatic heterocycles. The van der Waals surface area contributed by atoms with Crippen molar-refractivity contribution in [2.75, 3.05) is 6.54 Å². The van der Waals surface area contributed by atoms with Gasteiger partial charge in [-0.2, -0.15) is 0 Å². The Hall–Kier alpha value is -1.06. The molecule has 1 fully saturated rings. The van der Waals surface area contributed by atoms with Crippen LogP contribution in [-0.2, 0) is 4.79 Å². The van der Waals surface area contributed by atoms with Crippen LogP contribution in [0.25, 0.3) is 0 Å². The van der Waals surface area contributed by atoms with E-state index in [4.69, 9.17) is 11.6 Å². The van der Waals surface area contributed by atoms with Crippen molar-refractivity contribution < 1.29 is 10.1 Å². The Kier molecular flexibility index (Phi) is 6.07. The molecule has 116 valence electrons. The van der Waals surface area contributed by atoms with Crippen LogP contribution < -0.4 is 10.6 Å². The zero-order valence-corrected chi connectivity index (χ0v) is 13.7. The maximum Gasteiger partial charge on any atom is 0.275 e. The van der Waals surface area contributed by atoms with Crippen LogP contribution in [0.15, 0.2) is 24.3 Å². The van der Waals surface area contributed by atoms with E-state index in [-0.39, 0.29) is 11.9 Å². The Morgan fingerprint density at radius 1 is 1.38 bits per heavy atom. The predicted octanol–water partition coefficient (Wildman–Crippen LogP) is 2.66. The van der Waals surface area contributed by atoms with Crippen molar-refractivity contribution in [2.24, 2.45) is 5.92 Å². The highest BCUT2D eigenvalue weighted by atomic mass is 35.5. The average Bonchev–Trinajstić information content (AvgIpc) is 2.48. The van der Waals surface area contributed by atoms with E-state index in [1.54, 1.807) is 0 Å². The number of nitrogens with two attached hydrogens (primary N) is 1. The molecule has 0 radical (unpaired) electrons. The molecule has 3 nitrogen and oxygen atoms in total. The molecule has 1 aromatic rings. The molecule has 0 spiro atoms. The molecule has 2 rings (SSSR count). The third-order valence-electron chi connectivity index (χ3n) is 4.51. The SMILES string of the molecule is C[C@H]([NH2+]CC(=O)N[C@H]1CCCC[C@H]1C)c1ccccc1Cl. The van der Waals surface area contributed by atoms with Crippen LogP contribution in [0.1, 0.15) is 51.1 Å². The maximum absolute atomic E-state index is 12.1. The van der Waals surface area contributed by atoms with E-state index in [1.807, 2.05) is 29.6 Å². The van der Waals surface area contributed by atoms with Crippen LogP contribution in [0.5, 0.6) is 0 Å². The first-order valence-corrected chi connectivity index (χ1v) is 8.33. The summed E-state index contributed by atoms with van der Waals surface area (Å²) in [6.07, 6.45) is 4.87. The normalized spacial score (nSPS) is 23.6. The average molecular weight is 310 g/mol. The Balaban J connectivity index is 1.79. The van der Waals surface area contributed by atoms with E-state index < -0.39 is 0 Å². The van der Waals surface area contributed by atoms with Crippen LogP contribution >= 0.6 is 11.6 Å². The Morgan fingerprint density at radius 2 is 2.10 bits per heavy atom. The van der Waals surface area contributed by atoms with Gasteiger partial charge in [0.05, 0.1) is 0 Å². The second kappa shape index (κ2) is 7.81. The monoisotopic (exact) mass is 309 g/mol. The van der Waals surface area contributed by atoms with Gasteiger partial charge in [0.25, 0.3) is 5.91 Å². The number of nitrogens with one attached hydrogen (secondary N) is 1. The van der Waals surface area contributed by atoms with Crippen LogP contribution in [0.2, 0.25) is 5.02 Å². The van der Waals surface area contributed by atoms with Gasteiger partial charge in [0.15, 0.2) is 6.54 Å². The number of amides is 1. The van der Waals surface area contributed by atoms with E-state index in [0.29, 0.717) is 18.5 Å². The Bertz CT molecular complexity index is 478. The molecule has 3 N–H and O–H groups in total. The van der Waals surface area contributed by atoms with Gasteiger partial charge in [0.1, 0.15) is 6.04 Å². The van der Waals surface area contributed by atoms with Gasteiger partial charge in [-0.3, -0.25) is 4.79 Å². The Labute approximate surface area is 132 Å². The van der Waals surface area contributed by atoms with E-state index in [1.165, 1.54) is 19.3 Å². The number of benzene rings is 1. The van der Waals surface area contributed by atoms with Gasteiger partial charge < -0.3 is 10.6 Å². The summed E-state index contributed by atoms with van der Waals surface area (Å²) in [6.45, 7) is 4.77. The highest BCUT2D eigenvalue weighted by Gasteiger charge is 2.23. The summed E-state index contributed by atoms with van der Waals surface area (Å²) >= 11 is 6.19. The molecule has 1 aliphatic rings. The minimum Gasteiger partial charge on any atom is -0.348 e. The maximum atomic E-state index is 12.1. The largest absolute Gasteiger partial charge is 0.348 e. The topological polar surface area (TPSA) is 45.7 Å². The van der Waals surface area contributed by atoms with Gasteiger partial charge in [-0.05, 0) is 31.7 Å². The minimum absolute atomic E-state index is 0.132. The lowest BCUT2D eigenvalue weighted by molar-refractivity contribution is -0.682. The van der Waals surface area contributed by atoms with E-state index in [9.17, 15) is 4.79 Å². The molecule has 1 aliphatic carbocycles. The summed E-state index contributed by atoms with van der Waals surface area (Å²) in [4.78, 5) is 12.1. The minimum atomic E-state index is 0.132. The van der Waals surface area contributed by atoms with Crippen LogP contribution in [0.4, 0.5) is 0 Å². The highest BCUT2D eigenvalue weighted by Crippen LogP contribution is 2.23. The number of carbonyl (C=O) groups is 1. The van der Waals surface area contributed by atoms with Gasteiger partial charge in [-0.15, -0.1) is 0 Å². The fourth-order valence-electron chi connectivity index (χ4n) is 3.05. The molecular formula is C17H26ClN2O+. The smallest absolute Gasteiger partial charge is 0.275 e. The van der Waals surface area contributed by atoms with Gasteiger partial charge in [0, 0.05) is 16.6 Å². The first-order valence-electron chi connectivity index (χ1n) is 7.95. The molecule has 0 bridgehead atoms. The standard InChI is InChI=1S/C17H25ClN2O/c1-12-7-3-6-10-16(12)20-17(21)11-19-13(2)14-8-4-5-9-15(14)18/h4-5,8-9,12-13,16,19H,3,6-7,10-11H2,1-2H3,(H,20,21)/p+1/t12-,13+,16+/m1/s1. The predicted molar refractivity (Wildman–Crippen MR) is 86.2 cm³/mol. The van der Waals surface area contributed by atoms with Gasteiger partial charge in [-0.1, -0.05) is 49.6 Å². The molecule has 1 amide bonds. The number of rotatable bonds is 5. The third-order valence-corrected chi connectivity index (χ3v) is 4.85. The molecule has 1 aromatic carbocycles. The molecule has 1 saturated carbocycles. The van der Waals surface area contributed by atoms with Crippen molar-refractivity contribution in [3.8, 4) is 0 Å². The second-order valence-corrected chi connectivity index (χ2v) is 6.59. The first kappa shape index (κ1) is 16.3. The zero-order chi connectivity index (χ0) is 15.2. The first-order chi connectivity index (χ1) is 10.1. The third kappa shape index (κ3) is 4.72.